The van der Waals surface area contributed by atoms with E-state index in [9.17, 15) is 14.7 Å². The molecule has 1 aromatic rings. The molecule has 0 radical (unpaired) electrons. The molecule has 0 aliphatic carbocycles. The maximum Gasteiger partial charge on any atom is 0.407 e. The lowest BCUT2D eigenvalue weighted by molar-refractivity contribution is -0.117. The summed E-state index contributed by atoms with van der Waals surface area (Å²) in [6.45, 7) is 3.07. The van der Waals surface area contributed by atoms with E-state index in [1.54, 1.807) is 0 Å². The quantitative estimate of drug-likeness (QED) is 0.833. The predicted octanol–water partition coefficient (Wildman–Crippen LogP) is 2.07. The van der Waals surface area contributed by atoms with Gasteiger partial charge in [0.15, 0.2) is 0 Å². The number of carbonyl (C=O) groups is 2. The van der Waals surface area contributed by atoms with Gasteiger partial charge in [-0.05, 0) is 24.5 Å². The molecular formula is C16H19N3O3. The first kappa shape index (κ1) is 13.4. The topological polar surface area (TPSA) is 72.9 Å². The Morgan fingerprint density at radius 2 is 2.27 bits per heavy atom. The van der Waals surface area contributed by atoms with Gasteiger partial charge in [0.1, 0.15) is 6.04 Å². The van der Waals surface area contributed by atoms with Crippen molar-refractivity contribution in [3.05, 3.63) is 23.8 Å². The van der Waals surface area contributed by atoms with Crippen molar-refractivity contribution in [3.8, 4) is 0 Å². The maximum atomic E-state index is 12.4. The molecule has 1 unspecified atom stereocenters. The predicted molar refractivity (Wildman–Crippen MR) is 82.4 cm³/mol. The third-order valence-electron chi connectivity index (χ3n) is 5.21. The van der Waals surface area contributed by atoms with Crippen LogP contribution in [0.5, 0.6) is 0 Å². The van der Waals surface area contributed by atoms with E-state index in [2.05, 4.69) is 16.3 Å². The van der Waals surface area contributed by atoms with Crippen LogP contribution in [0.15, 0.2) is 18.2 Å². The molecule has 22 heavy (non-hydrogen) atoms. The van der Waals surface area contributed by atoms with Crippen molar-refractivity contribution >= 4 is 23.4 Å². The van der Waals surface area contributed by atoms with Gasteiger partial charge in [0.05, 0.1) is 11.4 Å². The van der Waals surface area contributed by atoms with E-state index in [4.69, 9.17) is 0 Å². The van der Waals surface area contributed by atoms with Gasteiger partial charge >= 0.3 is 6.09 Å². The van der Waals surface area contributed by atoms with Crippen molar-refractivity contribution < 1.29 is 14.7 Å². The van der Waals surface area contributed by atoms with Gasteiger partial charge in [-0.25, -0.2) is 4.79 Å². The second-order valence-electron chi connectivity index (χ2n) is 6.26. The lowest BCUT2D eigenvalue weighted by Gasteiger charge is -2.42. The van der Waals surface area contributed by atoms with Crippen molar-refractivity contribution in [1.82, 2.24) is 4.90 Å². The molecule has 3 aliphatic heterocycles. The molecule has 4 rings (SSSR count). The molecule has 1 fully saturated rings. The number of fused-ring (bicyclic) bond motifs is 3. The van der Waals surface area contributed by atoms with Crippen LogP contribution < -0.4 is 10.2 Å². The van der Waals surface area contributed by atoms with Gasteiger partial charge in [-0.1, -0.05) is 19.1 Å². The number of likely N-dealkylation sites (tertiary alicyclic amines) is 1. The van der Waals surface area contributed by atoms with Gasteiger partial charge in [0, 0.05) is 25.0 Å². The minimum atomic E-state index is -0.856. The highest BCUT2D eigenvalue weighted by molar-refractivity contribution is 6.05. The highest BCUT2D eigenvalue weighted by atomic mass is 16.4. The van der Waals surface area contributed by atoms with Gasteiger partial charge in [0.2, 0.25) is 5.91 Å². The van der Waals surface area contributed by atoms with E-state index >= 15 is 0 Å². The molecule has 2 amide bonds. The average molecular weight is 301 g/mol. The number of carbonyl (C=O) groups excluding carboxylic acids is 1. The Hall–Kier alpha value is -2.24. The summed E-state index contributed by atoms with van der Waals surface area (Å²) in [5, 5.41) is 12.3. The van der Waals surface area contributed by atoms with Crippen LogP contribution in [0.25, 0.3) is 0 Å². The molecule has 6 heteroatoms. The van der Waals surface area contributed by atoms with Crippen molar-refractivity contribution in [2.75, 3.05) is 23.3 Å². The normalized spacial score (nSPS) is 29.0. The first-order valence-corrected chi connectivity index (χ1v) is 7.81. The first-order valence-electron chi connectivity index (χ1n) is 7.81. The minimum Gasteiger partial charge on any atom is -0.465 e. The third-order valence-corrected chi connectivity index (χ3v) is 5.21. The van der Waals surface area contributed by atoms with E-state index in [0.29, 0.717) is 13.1 Å². The van der Waals surface area contributed by atoms with Crippen molar-refractivity contribution in [2.24, 2.45) is 0 Å². The number of piperidine rings is 1. The number of hydrogen-bond acceptors (Lipinski definition) is 3. The Kier molecular flexibility index (Phi) is 2.82. The number of nitrogens with one attached hydrogen (secondary N) is 1. The number of hydrogen-bond donors (Lipinski definition) is 2. The van der Waals surface area contributed by atoms with Crippen LogP contribution in [0, 0.1) is 0 Å². The van der Waals surface area contributed by atoms with Crippen LogP contribution >= 0.6 is 0 Å². The second kappa shape index (κ2) is 4.63. The average Bonchev–Trinajstić information content (AvgIpc) is 2.84. The monoisotopic (exact) mass is 301 g/mol. The summed E-state index contributed by atoms with van der Waals surface area (Å²) in [4.78, 5) is 27.4. The summed E-state index contributed by atoms with van der Waals surface area (Å²) >= 11 is 0. The van der Waals surface area contributed by atoms with E-state index in [1.807, 2.05) is 19.1 Å². The highest BCUT2D eigenvalue weighted by Crippen LogP contribution is 2.51. The van der Waals surface area contributed by atoms with Gasteiger partial charge in [-0.2, -0.15) is 0 Å². The van der Waals surface area contributed by atoms with Crippen LogP contribution in [-0.4, -0.2) is 47.2 Å². The molecule has 3 aliphatic rings. The number of benzene rings is 1. The molecule has 0 aromatic heterocycles. The molecule has 6 nitrogen and oxygen atoms in total. The Morgan fingerprint density at radius 1 is 1.45 bits per heavy atom. The smallest absolute Gasteiger partial charge is 0.407 e. The van der Waals surface area contributed by atoms with Crippen molar-refractivity contribution in [3.63, 3.8) is 0 Å². The molecule has 0 spiro atoms. The zero-order valence-corrected chi connectivity index (χ0v) is 12.5. The van der Waals surface area contributed by atoms with Crippen LogP contribution in [-0.2, 0) is 4.79 Å². The summed E-state index contributed by atoms with van der Waals surface area (Å²) in [5.74, 6) is 0.204. The van der Waals surface area contributed by atoms with Crippen LogP contribution in [0.2, 0.25) is 0 Å². The Bertz CT molecular complexity index is 660. The molecule has 2 N–H and O–H groups in total. The number of carboxylic acid groups (broad SMARTS) is 1. The van der Waals surface area contributed by atoms with Crippen LogP contribution in [0.1, 0.15) is 31.2 Å². The molecular weight excluding hydrogens is 282 g/mol. The summed E-state index contributed by atoms with van der Waals surface area (Å²) in [5.41, 5.74) is 3.14. The summed E-state index contributed by atoms with van der Waals surface area (Å²) in [6.07, 6.45) is 0.672. The van der Waals surface area contributed by atoms with E-state index in [1.165, 1.54) is 10.5 Å². The van der Waals surface area contributed by atoms with Crippen molar-refractivity contribution in [2.45, 2.75) is 37.8 Å². The molecule has 3 heterocycles. The van der Waals surface area contributed by atoms with Crippen LogP contribution in [0.3, 0.4) is 0 Å². The zero-order chi connectivity index (χ0) is 15.4. The number of rotatable bonds is 1. The van der Waals surface area contributed by atoms with E-state index in [0.717, 1.165) is 24.2 Å². The fourth-order valence-electron chi connectivity index (χ4n) is 4.28. The van der Waals surface area contributed by atoms with E-state index < -0.39 is 6.09 Å². The third kappa shape index (κ3) is 1.66. The fourth-order valence-corrected chi connectivity index (χ4v) is 4.28. The fraction of sp³-hybridized carbons (Fsp3) is 0.500. The number of nitrogens with zero attached hydrogens (tertiary/aromatic N) is 2. The molecule has 0 bridgehead atoms. The Balaban J connectivity index is 1.81. The van der Waals surface area contributed by atoms with Gasteiger partial charge in [0.25, 0.3) is 0 Å². The standard InChI is InChI=1S/C16H19N3O3/c1-2-12-15(20)17-11-5-3-4-9-10-8-18(16(21)22)7-6-13(10)19(12)14(9)11/h3-5,10,12-13H,2,6-8H2,1H3,(H,17,20)(H,21,22)/t10-,12?,13-/m0/s1. The molecule has 3 atom stereocenters. The van der Waals surface area contributed by atoms with E-state index in [-0.39, 0.29) is 23.9 Å². The number of amides is 2. The minimum absolute atomic E-state index is 0.0495. The summed E-state index contributed by atoms with van der Waals surface area (Å²) in [6, 6.07) is 6.03. The lowest BCUT2D eigenvalue weighted by Crippen LogP contribution is -2.55. The summed E-state index contributed by atoms with van der Waals surface area (Å²) < 4.78 is 0. The largest absolute Gasteiger partial charge is 0.465 e. The van der Waals surface area contributed by atoms with Gasteiger partial charge in [-0.3, -0.25) is 4.79 Å². The number of para-hydroxylation sites is 1. The van der Waals surface area contributed by atoms with Gasteiger partial charge < -0.3 is 20.2 Å². The lowest BCUT2D eigenvalue weighted by atomic mass is 9.89. The maximum absolute atomic E-state index is 12.4. The zero-order valence-electron chi connectivity index (χ0n) is 12.5. The van der Waals surface area contributed by atoms with Crippen molar-refractivity contribution in [1.29, 1.82) is 0 Å². The molecule has 1 saturated heterocycles. The first-order chi connectivity index (χ1) is 10.6. The summed E-state index contributed by atoms with van der Waals surface area (Å²) in [7, 11) is 0. The molecule has 1 aromatic carbocycles. The Morgan fingerprint density at radius 3 is 3.00 bits per heavy atom. The van der Waals surface area contributed by atoms with Gasteiger partial charge in [-0.15, -0.1) is 0 Å². The van der Waals surface area contributed by atoms with Crippen LogP contribution in [0.4, 0.5) is 16.2 Å². The SMILES string of the molecule is CCC1C(=O)Nc2cccc3c2N1[C@H]1CCN(C(=O)O)C[C@@H]31. The molecule has 116 valence electrons. The highest BCUT2D eigenvalue weighted by Gasteiger charge is 2.49. The second-order valence-corrected chi connectivity index (χ2v) is 6.26. The Labute approximate surface area is 128 Å². The number of anilines is 2. The molecule has 0 saturated carbocycles.